The van der Waals surface area contributed by atoms with E-state index in [-0.39, 0.29) is 5.41 Å². The van der Waals surface area contributed by atoms with Crippen LogP contribution in [0.5, 0.6) is 0 Å². The van der Waals surface area contributed by atoms with Crippen molar-refractivity contribution in [2.45, 2.75) is 39.0 Å². The molecule has 0 atom stereocenters. The maximum Gasteiger partial charge on any atom is 0.0680 e. The summed E-state index contributed by atoms with van der Waals surface area (Å²) in [5.74, 6) is 0. The van der Waals surface area contributed by atoms with E-state index in [1.807, 2.05) is 11.7 Å². The lowest BCUT2D eigenvalue weighted by molar-refractivity contribution is 0.551. The predicted octanol–water partition coefficient (Wildman–Crippen LogP) is 3.05. The zero-order valence-corrected chi connectivity index (χ0v) is 11.1. The summed E-state index contributed by atoms with van der Waals surface area (Å²) in [6, 6.07) is 2.22. The van der Waals surface area contributed by atoms with Crippen molar-refractivity contribution in [1.29, 1.82) is 0 Å². The number of hydrogen-bond donors (Lipinski definition) is 0. The molecule has 0 N–H and O–H groups in total. The van der Waals surface area contributed by atoms with Crippen LogP contribution in [0.4, 0.5) is 0 Å². The highest BCUT2D eigenvalue weighted by Crippen LogP contribution is 2.21. The summed E-state index contributed by atoms with van der Waals surface area (Å²) in [6.07, 6.45) is 2.27. The van der Waals surface area contributed by atoms with Gasteiger partial charge in [-0.25, -0.2) is 0 Å². The minimum Gasteiger partial charge on any atom is -0.272 e. The van der Waals surface area contributed by atoms with Crippen molar-refractivity contribution in [3.8, 4) is 0 Å². The van der Waals surface area contributed by atoms with Crippen LogP contribution < -0.4 is 0 Å². The molecule has 0 aliphatic carbocycles. The van der Waals surface area contributed by atoms with Gasteiger partial charge in [0.2, 0.25) is 0 Å². The minimum absolute atomic E-state index is 0.157. The second-order valence-corrected chi connectivity index (χ2v) is 5.48. The quantitative estimate of drug-likeness (QED) is 0.763. The van der Waals surface area contributed by atoms with Crippen molar-refractivity contribution in [2.24, 2.45) is 7.05 Å². The van der Waals surface area contributed by atoms with Crippen molar-refractivity contribution in [3.05, 3.63) is 17.5 Å². The summed E-state index contributed by atoms with van der Waals surface area (Å²) in [7, 11) is 2.03. The normalized spacial score (nSPS) is 12.1. The van der Waals surface area contributed by atoms with Crippen LogP contribution in [0.3, 0.4) is 0 Å². The van der Waals surface area contributed by atoms with Crippen LogP contribution in [0.25, 0.3) is 0 Å². The molecule has 1 rings (SSSR count). The molecule has 0 amide bonds. The third-order valence-corrected chi connectivity index (χ3v) is 2.87. The van der Waals surface area contributed by atoms with E-state index in [2.05, 4.69) is 47.9 Å². The molecule has 2 nitrogen and oxygen atoms in total. The second kappa shape index (κ2) is 4.47. The first-order valence-corrected chi connectivity index (χ1v) is 6.16. The van der Waals surface area contributed by atoms with Crippen molar-refractivity contribution < 1.29 is 0 Å². The number of nitrogens with zero attached hydrogens (tertiary/aromatic N) is 2. The van der Waals surface area contributed by atoms with Crippen LogP contribution in [0.2, 0.25) is 0 Å². The molecule has 0 saturated heterocycles. The smallest absolute Gasteiger partial charge is 0.0680 e. The third-order valence-electron chi connectivity index (χ3n) is 2.31. The van der Waals surface area contributed by atoms with Crippen molar-refractivity contribution in [3.63, 3.8) is 0 Å². The molecule has 0 aliphatic heterocycles. The number of alkyl halides is 1. The van der Waals surface area contributed by atoms with Gasteiger partial charge in [-0.2, -0.15) is 5.10 Å². The topological polar surface area (TPSA) is 17.8 Å². The van der Waals surface area contributed by atoms with Crippen LogP contribution >= 0.6 is 15.9 Å². The maximum atomic E-state index is 4.54. The average molecular weight is 259 g/mol. The van der Waals surface area contributed by atoms with Crippen LogP contribution in [-0.4, -0.2) is 15.1 Å². The van der Waals surface area contributed by atoms with E-state index >= 15 is 0 Å². The highest BCUT2D eigenvalue weighted by molar-refractivity contribution is 9.09. The van der Waals surface area contributed by atoms with E-state index in [0.29, 0.717) is 0 Å². The second-order valence-electron chi connectivity index (χ2n) is 4.69. The molecular formula is C11H19BrN2. The Hall–Kier alpha value is -0.310. The van der Waals surface area contributed by atoms with Crippen LogP contribution in [-0.2, 0) is 18.9 Å². The Morgan fingerprint density at radius 1 is 1.43 bits per heavy atom. The summed E-state index contributed by atoms with van der Waals surface area (Å²) >= 11 is 3.45. The SMILES string of the molecule is Cn1nc(C(C)(C)C)cc1CCCBr. The molecule has 1 heterocycles. The molecule has 14 heavy (non-hydrogen) atoms. The van der Waals surface area contributed by atoms with E-state index in [9.17, 15) is 0 Å². The lowest BCUT2D eigenvalue weighted by atomic mass is 9.92. The summed E-state index contributed by atoms with van der Waals surface area (Å²) in [4.78, 5) is 0. The Kier molecular flexibility index (Phi) is 3.76. The first-order valence-electron chi connectivity index (χ1n) is 5.04. The van der Waals surface area contributed by atoms with Gasteiger partial charge in [0.15, 0.2) is 0 Å². The van der Waals surface area contributed by atoms with Crippen LogP contribution in [0, 0.1) is 0 Å². The fourth-order valence-electron chi connectivity index (χ4n) is 1.35. The van der Waals surface area contributed by atoms with Gasteiger partial charge in [-0.15, -0.1) is 0 Å². The van der Waals surface area contributed by atoms with Gasteiger partial charge in [-0.3, -0.25) is 4.68 Å². The van der Waals surface area contributed by atoms with E-state index in [0.717, 1.165) is 11.8 Å². The Labute approximate surface area is 94.8 Å². The monoisotopic (exact) mass is 258 g/mol. The van der Waals surface area contributed by atoms with Crippen molar-refractivity contribution >= 4 is 15.9 Å². The van der Waals surface area contributed by atoms with Gasteiger partial charge in [0.05, 0.1) is 5.69 Å². The van der Waals surface area contributed by atoms with Crippen molar-refractivity contribution in [1.82, 2.24) is 9.78 Å². The molecule has 0 aliphatic rings. The Morgan fingerprint density at radius 3 is 2.50 bits per heavy atom. The molecule has 0 unspecified atom stereocenters. The van der Waals surface area contributed by atoms with E-state index in [1.165, 1.54) is 17.8 Å². The number of rotatable bonds is 3. The minimum atomic E-state index is 0.157. The number of aryl methyl sites for hydroxylation is 2. The van der Waals surface area contributed by atoms with Crippen molar-refractivity contribution in [2.75, 3.05) is 5.33 Å². The molecule has 0 fully saturated rings. The molecule has 0 saturated carbocycles. The summed E-state index contributed by atoms with van der Waals surface area (Å²) < 4.78 is 2.00. The van der Waals surface area contributed by atoms with E-state index < -0.39 is 0 Å². The summed E-state index contributed by atoms with van der Waals surface area (Å²) in [5, 5.41) is 5.59. The van der Waals surface area contributed by atoms with Gasteiger partial charge in [-0.1, -0.05) is 36.7 Å². The summed E-state index contributed by atoms with van der Waals surface area (Å²) in [6.45, 7) is 6.59. The van der Waals surface area contributed by atoms with E-state index in [4.69, 9.17) is 0 Å². The van der Waals surface area contributed by atoms with Gasteiger partial charge < -0.3 is 0 Å². The highest BCUT2D eigenvalue weighted by atomic mass is 79.9. The fraction of sp³-hybridized carbons (Fsp3) is 0.727. The molecule has 80 valence electrons. The highest BCUT2D eigenvalue weighted by Gasteiger charge is 2.18. The van der Waals surface area contributed by atoms with Gasteiger partial charge in [0.1, 0.15) is 0 Å². The molecule has 1 aromatic rings. The lowest BCUT2D eigenvalue weighted by Crippen LogP contribution is -2.12. The first-order chi connectivity index (χ1) is 6.45. The summed E-state index contributed by atoms with van der Waals surface area (Å²) in [5.41, 5.74) is 2.67. The molecule has 3 heteroatoms. The van der Waals surface area contributed by atoms with Gasteiger partial charge in [-0.05, 0) is 18.9 Å². The molecule has 1 aromatic heterocycles. The lowest BCUT2D eigenvalue weighted by Gasteiger charge is -2.13. The number of halogens is 1. The fourth-order valence-corrected chi connectivity index (χ4v) is 1.63. The number of hydrogen-bond acceptors (Lipinski definition) is 1. The Balaban J connectivity index is 2.82. The zero-order chi connectivity index (χ0) is 10.8. The third kappa shape index (κ3) is 2.84. The van der Waals surface area contributed by atoms with E-state index in [1.54, 1.807) is 0 Å². The standard InChI is InChI=1S/C11H19BrN2/c1-11(2,3)10-8-9(6-5-7-12)14(4)13-10/h8H,5-7H2,1-4H3. The molecule has 0 bridgehead atoms. The molecule has 0 radical (unpaired) electrons. The molecular weight excluding hydrogens is 240 g/mol. The zero-order valence-electron chi connectivity index (χ0n) is 9.47. The van der Waals surface area contributed by atoms with Gasteiger partial charge >= 0.3 is 0 Å². The maximum absolute atomic E-state index is 4.54. The largest absolute Gasteiger partial charge is 0.272 e. The van der Waals surface area contributed by atoms with Crippen LogP contribution in [0.1, 0.15) is 38.6 Å². The van der Waals surface area contributed by atoms with Gasteiger partial charge in [0.25, 0.3) is 0 Å². The number of aromatic nitrogens is 2. The molecule has 0 aromatic carbocycles. The Bertz CT molecular complexity index is 297. The molecule has 0 spiro atoms. The van der Waals surface area contributed by atoms with Crippen LogP contribution in [0.15, 0.2) is 6.07 Å². The average Bonchev–Trinajstić information content (AvgIpc) is 2.43. The van der Waals surface area contributed by atoms with Gasteiger partial charge in [0, 0.05) is 23.5 Å². The Morgan fingerprint density at radius 2 is 2.07 bits per heavy atom. The first kappa shape index (κ1) is 11.8. The predicted molar refractivity (Wildman–Crippen MR) is 64.0 cm³/mol.